The van der Waals surface area contributed by atoms with Gasteiger partial charge in [-0.1, -0.05) is 13.0 Å². The molecule has 0 unspecified atom stereocenters. The van der Waals surface area contributed by atoms with E-state index in [1.165, 1.54) is 0 Å². The Morgan fingerprint density at radius 3 is 3.00 bits per heavy atom. The zero-order valence-electron chi connectivity index (χ0n) is 7.73. The van der Waals surface area contributed by atoms with Crippen LogP contribution in [0.1, 0.15) is 18.9 Å². The van der Waals surface area contributed by atoms with Crippen LogP contribution in [0.2, 0.25) is 0 Å². The lowest BCUT2D eigenvalue weighted by atomic mass is 10.0. The Morgan fingerprint density at radius 1 is 1.69 bits per heavy atom. The molecule has 0 amide bonds. The van der Waals surface area contributed by atoms with Gasteiger partial charge in [-0.3, -0.25) is 9.78 Å². The fraction of sp³-hybridized carbons (Fsp3) is 0.400. The van der Waals surface area contributed by atoms with Crippen LogP contribution < -0.4 is 5.73 Å². The minimum Gasteiger partial charge on any atom is -0.321 e. The molecule has 0 saturated carbocycles. The number of hydrogen-bond acceptors (Lipinski definition) is 3. The van der Waals surface area contributed by atoms with Gasteiger partial charge in [0.1, 0.15) is 5.78 Å². The van der Waals surface area contributed by atoms with Crippen molar-refractivity contribution in [3.05, 3.63) is 30.1 Å². The van der Waals surface area contributed by atoms with Crippen molar-refractivity contribution in [3.8, 4) is 0 Å². The molecule has 0 fully saturated rings. The Morgan fingerprint density at radius 2 is 2.46 bits per heavy atom. The quantitative estimate of drug-likeness (QED) is 0.746. The first-order valence-electron chi connectivity index (χ1n) is 4.41. The highest BCUT2D eigenvalue weighted by molar-refractivity contribution is 5.83. The van der Waals surface area contributed by atoms with Crippen molar-refractivity contribution in [1.82, 2.24) is 4.98 Å². The summed E-state index contributed by atoms with van der Waals surface area (Å²) in [5.74, 6) is 0.101. The molecule has 70 valence electrons. The fourth-order valence-corrected chi connectivity index (χ4v) is 1.15. The van der Waals surface area contributed by atoms with Crippen LogP contribution in [0.25, 0.3) is 0 Å². The highest BCUT2D eigenvalue weighted by atomic mass is 16.1. The Balaban J connectivity index is 2.55. The van der Waals surface area contributed by atoms with Crippen LogP contribution in [0, 0.1) is 0 Å². The Kier molecular flexibility index (Phi) is 3.58. The molecule has 1 atom stereocenters. The number of carbonyl (C=O) groups is 1. The summed E-state index contributed by atoms with van der Waals surface area (Å²) in [6, 6.07) is 3.39. The Hall–Kier alpha value is -1.22. The van der Waals surface area contributed by atoms with E-state index >= 15 is 0 Å². The molecule has 1 aromatic rings. The van der Waals surface area contributed by atoms with Gasteiger partial charge in [0, 0.05) is 18.8 Å². The zero-order valence-corrected chi connectivity index (χ0v) is 7.73. The number of nitrogens with zero attached hydrogens (tertiary/aromatic N) is 1. The summed E-state index contributed by atoms with van der Waals surface area (Å²) >= 11 is 0. The smallest absolute Gasteiger partial charge is 0.149 e. The van der Waals surface area contributed by atoms with E-state index in [0.717, 1.165) is 5.56 Å². The van der Waals surface area contributed by atoms with Crippen molar-refractivity contribution in [1.29, 1.82) is 0 Å². The third-order valence-electron chi connectivity index (χ3n) is 1.94. The fourth-order valence-electron chi connectivity index (χ4n) is 1.15. The molecule has 0 radical (unpaired) electrons. The van der Waals surface area contributed by atoms with Gasteiger partial charge in [0.2, 0.25) is 0 Å². The minimum absolute atomic E-state index is 0.101. The number of rotatable bonds is 4. The van der Waals surface area contributed by atoms with E-state index in [2.05, 4.69) is 4.98 Å². The standard InChI is InChI=1S/C10H14N2O/c1-2-10(13)9(11)6-8-4-3-5-12-7-8/h3-5,7,9H,2,6,11H2,1H3/t9-/m1/s1. The van der Waals surface area contributed by atoms with Crippen LogP contribution in [0.5, 0.6) is 0 Å². The van der Waals surface area contributed by atoms with Crippen molar-refractivity contribution < 1.29 is 4.79 Å². The second-order valence-corrected chi connectivity index (χ2v) is 2.99. The molecular weight excluding hydrogens is 164 g/mol. The van der Waals surface area contributed by atoms with Crippen molar-refractivity contribution in [3.63, 3.8) is 0 Å². The van der Waals surface area contributed by atoms with E-state index in [0.29, 0.717) is 12.8 Å². The molecular formula is C10H14N2O. The molecule has 3 nitrogen and oxygen atoms in total. The largest absolute Gasteiger partial charge is 0.321 e. The van der Waals surface area contributed by atoms with Crippen molar-refractivity contribution in [2.24, 2.45) is 5.73 Å². The van der Waals surface area contributed by atoms with Gasteiger partial charge in [0.25, 0.3) is 0 Å². The SMILES string of the molecule is CCC(=O)[C@H](N)Cc1cccnc1. The summed E-state index contributed by atoms with van der Waals surface area (Å²) in [6.07, 6.45) is 4.53. The number of hydrogen-bond donors (Lipinski definition) is 1. The van der Waals surface area contributed by atoms with Gasteiger partial charge >= 0.3 is 0 Å². The molecule has 1 aromatic heterocycles. The van der Waals surface area contributed by atoms with Crippen molar-refractivity contribution >= 4 is 5.78 Å². The van der Waals surface area contributed by atoms with Crippen LogP contribution in [0.4, 0.5) is 0 Å². The van der Waals surface area contributed by atoms with Crippen LogP contribution in [-0.4, -0.2) is 16.8 Å². The summed E-state index contributed by atoms with van der Waals surface area (Å²) < 4.78 is 0. The Bertz CT molecular complexity index is 272. The second kappa shape index (κ2) is 4.72. The van der Waals surface area contributed by atoms with Gasteiger partial charge in [0.15, 0.2) is 0 Å². The van der Waals surface area contributed by atoms with Crippen LogP contribution in [0.3, 0.4) is 0 Å². The van der Waals surface area contributed by atoms with E-state index in [-0.39, 0.29) is 11.8 Å². The third kappa shape index (κ3) is 2.95. The molecule has 2 N–H and O–H groups in total. The number of Topliss-reactive ketones (excluding diaryl/α,β-unsaturated/α-hetero) is 1. The maximum atomic E-state index is 11.2. The van der Waals surface area contributed by atoms with Gasteiger partial charge in [-0.2, -0.15) is 0 Å². The van der Waals surface area contributed by atoms with Gasteiger partial charge in [-0.25, -0.2) is 0 Å². The minimum atomic E-state index is -0.380. The molecule has 1 heterocycles. The maximum absolute atomic E-state index is 11.2. The first-order chi connectivity index (χ1) is 6.24. The maximum Gasteiger partial charge on any atom is 0.149 e. The highest BCUT2D eigenvalue weighted by Gasteiger charge is 2.11. The molecule has 0 aliphatic carbocycles. The van der Waals surface area contributed by atoms with E-state index in [9.17, 15) is 4.79 Å². The average Bonchev–Trinajstić information content (AvgIpc) is 2.18. The topological polar surface area (TPSA) is 56.0 Å². The average molecular weight is 178 g/mol. The van der Waals surface area contributed by atoms with E-state index in [1.54, 1.807) is 12.4 Å². The van der Waals surface area contributed by atoms with Gasteiger partial charge in [-0.15, -0.1) is 0 Å². The third-order valence-corrected chi connectivity index (χ3v) is 1.94. The van der Waals surface area contributed by atoms with Crippen molar-refractivity contribution in [2.45, 2.75) is 25.8 Å². The lowest BCUT2D eigenvalue weighted by molar-refractivity contribution is -0.119. The molecule has 0 aliphatic heterocycles. The van der Waals surface area contributed by atoms with Crippen molar-refractivity contribution in [2.75, 3.05) is 0 Å². The molecule has 3 heteroatoms. The van der Waals surface area contributed by atoms with Gasteiger partial charge < -0.3 is 5.73 Å². The number of carbonyl (C=O) groups excluding carboxylic acids is 1. The zero-order chi connectivity index (χ0) is 9.68. The lowest BCUT2D eigenvalue weighted by Crippen LogP contribution is -2.32. The summed E-state index contributed by atoms with van der Waals surface area (Å²) in [6.45, 7) is 1.82. The second-order valence-electron chi connectivity index (χ2n) is 2.99. The summed E-state index contributed by atoms with van der Waals surface area (Å²) in [5, 5.41) is 0. The molecule has 13 heavy (non-hydrogen) atoms. The molecule has 0 spiro atoms. The van der Waals surface area contributed by atoms with Gasteiger partial charge in [0.05, 0.1) is 6.04 Å². The van der Waals surface area contributed by atoms with Crippen LogP contribution in [0.15, 0.2) is 24.5 Å². The number of pyridine rings is 1. The van der Waals surface area contributed by atoms with E-state index in [4.69, 9.17) is 5.73 Å². The normalized spacial score (nSPS) is 12.5. The first kappa shape index (κ1) is 9.86. The van der Waals surface area contributed by atoms with Crippen LogP contribution >= 0.6 is 0 Å². The first-order valence-corrected chi connectivity index (χ1v) is 4.41. The molecule has 0 aromatic carbocycles. The highest BCUT2D eigenvalue weighted by Crippen LogP contribution is 2.01. The number of nitrogens with two attached hydrogens (primary N) is 1. The number of aromatic nitrogens is 1. The van der Waals surface area contributed by atoms with Gasteiger partial charge in [-0.05, 0) is 18.1 Å². The molecule has 0 saturated heterocycles. The monoisotopic (exact) mass is 178 g/mol. The summed E-state index contributed by atoms with van der Waals surface area (Å²) in [7, 11) is 0. The molecule has 0 bridgehead atoms. The summed E-state index contributed by atoms with van der Waals surface area (Å²) in [4.78, 5) is 15.1. The predicted octanol–water partition coefficient (Wildman–Crippen LogP) is 0.930. The Labute approximate surface area is 78.0 Å². The van der Waals surface area contributed by atoms with Crippen LogP contribution in [-0.2, 0) is 11.2 Å². The molecule has 0 aliphatic rings. The van der Waals surface area contributed by atoms with E-state index < -0.39 is 0 Å². The van der Waals surface area contributed by atoms with E-state index in [1.807, 2.05) is 19.1 Å². The number of ketones is 1. The molecule has 1 rings (SSSR count). The lowest BCUT2D eigenvalue weighted by Gasteiger charge is -2.08. The summed E-state index contributed by atoms with van der Waals surface area (Å²) in [5.41, 5.74) is 6.69. The predicted molar refractivity (Wildman–Crippen MR) is 51.2 cm³/mol.